The second kappa shape index (κ2) is 9.14. The molecule has 0 atom stereocenters. The number of aliphatic carboxylic acids is 1. The van der Waals surface area contributed by atoms with E-state index in [-0.39, 0.29) is 23.6 Å². The van der Waals surface area contributed by atoms with Crippen molar-refractivity contribution in [1.82, 2.24) is 4.72 Å². The second-order valence-electron chi connectivity index (χ2n) is 5.43. The fourth-order valence-electron chi connectivity index (χ4n) is 2.07. The molecule has 2 aromatic carbocycles. The number of ketones is 1. The molecule has 9 heteroatoms. The predicted octanol–water partition coefficient (Wildman–Crippen LogP) is 3.64. The topological polar surface area (TPSA) is 101 Å². The molecule has 0 spiro atoms. The van der Waals surface area contributed by atoms with Crippen molar-refractivity contribution in [3.05, 3.63) is 69.7 Å². The summed E-state index contributed by atoms with van der Waals surface area (Å²) in [6, 6.07) is 10.2. The Morgan fingerprint density at radius 1 is 1.07 bits per heavy atom. The summed E-state index contributed by atoms with van der Waals surface area (Å²) in [6.07, 6.45) is 2.54. The Kier molecular flexibility index (Phi) is 7.15. The number of sulfonamides is 1. The molecule has 0 saturated carbocycles. The van der Waals surface area contributed by atoms with Gasteiger partial charge < -0.3 is 5.11 Å². The van der Waals surface area contributed by atoms with Crippen molar-refractivity contribution in [3.8, 4) is 0 Å². The third-order valence-electron chi connectivity index (χ3n) is 3.46. The van der Waals surface area contributed by atoms with Crippen LogP contribution in [0.3, 0.4) is 0 Å². The molecule has 0 saturated heterocycles. The van der Waals surface area contributed by atoms with E-state index in [1.165, 1.54) is 30.3 Å². The Morgan fingerprint density at radius 2 is 1.74 bits per heavy atom. The first kappa shape index (κ1) is 21.1. The summed E-state index contributed by atoms with van der Waals surface area (Å²) in [5, 5.41) is 9.44. The Hall–Kier alpha value is -2.19. The molecular weight excluding hydrogens is 413 g/mol. The lowest BCUT2D eigenvalue weighted by atomic mass is 10.1. The number of carboxylic acid groups (broad SMARTS) is 1. The van der Waals surface area contributed by atoms with Crippen LogP contribution in [0.2, 0.25) is 10.0 Å². The summed E-state index contributed by atoms with van der Waals surface area (Å²) in [7, 11) is -3.84. The van der Waals surface area contributed by atoms with Gasteiger partial charge in [-0.25, -0.2) is 13.1 Å². The lowest BCUT2D eigenvalue weighted by molar-refractivity contribution is -0.136. The SMILES string of the molecule is O=C(O)CCNS(=O)(=O)c1ccc(C(=O)/C=C/c2ccc(Cl)cc2Cl)cc1. The highest BCUT2D eigenvalue weighted by Crippen LogP contribution is 2.22. The zero-order valence-electron chi connectivity index (χ0n) is 13.9. The zero-order chi connectivity index (χ0) is 20.0. The monoisotopic (exact) mass is 427 g/mol. The van der Waals surface area contributed by atoms with Crippen LogP contribution in [0.15, 0.2) is 53.4 Å². The van der Waals surface area contributed by atoms with Crippen LogP contribution in [-0.2, 0) is 14.8 Å². The van der Waals surface area contributed by atoms with Gasteiger partial charge in [-0.2, -0.15) is 0 Å². The number of carbonyl (C=O) groups is 2. The summed E-state index contributed by atoms with van der Waals surface area (Å²) in [6.45, 7) is -0.219. The lowest BCUT2D eigenvalue weighted by Gasteiger charge is -2.06. The minimum atomic E-state index is -3.84. The maximum Gasteiger partial charge on any atom is 0.304 e. The summed E-state index contributed by atoms with van der Waals surface area (Å²) in [5.74, 6) is -1.44. The van der Waals surface area contributed by atoms with Crippen molar-refractivity contribution in [2.24, 2.45) is 0 Å². The van der Waals surface area contributed by atoms with Crippen LogP contribution < -0.4 is 4.72 Å². The van der Waals surface area contributed by atoms with E-state index in [2.05, 4.69) is 4.72 Å². The molecule has 0 aliphatic rings. The van der Waals surface area contributed by atoms with Gasteiger partial charge in [-0.3, -0.25) is 9.59 Å². The van der Waals surface area contributed by atoms with Crippen molar-refractivity contribution in [1.29, 1.82) is 0 Å². The van der Waals surface area contributed by atoms with Gasteiger partial charge in [0.25, 0.3) is 0 Å². The third kappa shape index (κ3) is 6.18. The molecule has 142 valence electrons. The molecule has 27 heavy (non-hydrogen) atoms. The van der Waals surface area contributed by atoms with Gasteiger partial charge in [0, 0.05) is 22.2 Å². The first-order chi connectivity index (χ1) is 12.7. The molecule has 2 aromatic rings. The molecule has 0 radical (unpaired) electrons. The lowest BCUT2D eigenvalue weighted by Crippen LogP contribution is -2.26. The number of carbonyl (C=O) groups excluding carboxylic acids is 1. The molecule has 0 amide bonds. The van der Waals surface area contributed by atoms with Crippen molar-refractivity contribution < 1.29 is 23.1 Å². The largest absolute Gasteiger partial charge is 0.481 e. The Balaban J connectivity index is 2.08. The van der Waals surface area contributed by atoms with Crippen LogP contribution in [0.4, 0.5) is 0 Å². The molecule has 0 heterocycles. The number of benzene rings is 2. The fourth-order valence-corrected chi connectivity index (χ4v) is 3.58. The number of nitrogens with one attached hydrogen (secondary N) is 1. The van der Waals surface area contributed by atoms with Crippen molar-refractivity contribution in [2.75, 3.05) is 6.54 Å². The summed E-state index contributed by atoms with van der Waals surface area (Å²) >= 11 is 11.8. The zero-order valence-corrected chi connectivity index (χ0v) is 16.2. The van der Waals surface area contributed by atoms with Crippen molar-refractivity contribution in [3.63, 3.8) is 0 Å². The molecule has 0 aromatic heterocycles. The van der Waals surface area contributed by atoms with Crippen LogP contribution in [0.25, 0.3) is 6.08 Å². The Labute approximate surface area is 166 Å². The standard InChI is InChI=1S/C18H15Cl2NO5S/c19-14-5-1-12(16(20)11-14)4-8-17(22)13-2-6-15(7-3-13)27(25,26)21-10-9-18(23)24/h1-8,11,21H,9-10H2,(H,23,24)/b8-4+. The number of allylic oxidation sites excluding steroid dienone is 1. The van der Waals surface area contributed by atoms with E-state index < -0.39 is 16.0 Å². The maximum absolute atomic E-state index is 12.2. The van der Waals surface area contributed by atoms with E-state index in [4.69, 9.17) is 28.3 Å². The number of rotatable bonds is 8. The molecule has 6 nitrogen and oxygen atoms in total. The highest BCUT2D eigenvalue weighted by molar-refractivity contribution is 7.89. The highest BCUT2D eigenvalue weighted by Gasteiger charge is 2.14. The van der Waals surface area contributed by atoms with E-state index in [1.807, 2.05) is 0 Å². The average molecular weight is 428 g/mol. The third-order valence-corrected chi connectivity index (χ3v) is 5.50. The normalized spacial score (nSPS) is 11.6. The van der Waals surface area contributed by atoms with Crippen molar-refractivity contribution >= 4 is 51.1 Å². The first-order valence-corrected chi connectivity index (χ1v) is 9.92. The fraction of sp³-hybridized carbons (Fsp3) is 0.111. The summed E-state index contributed by atoms with van der Waals surface area (Å²) in [5.41, 5.74) is 0.914. The molecule has 0 fully saturated rings. The molecule has 2 N–H and O–H groups in total. The van der Waals surface area contributed by atoms with Gasteiger partial charge >= 0.3 is 5.97 Å². The van der Waals surface area contributed by atoms with Crippen molar-refractivity contribution in [2.45, 2.75) is 11.3 Å². The number of hydrogen-bond donors (Lipinski definition) is 2. The van der Waals surface area contributed by atoms with Gasteiger partial charge in [-0.15, -0.1) is 0 Å². The van der Waals surface area contributed by atoms with Crippen LogP contribution in [-0.4, -0.2) is 31.8 Å². The van der Waals surface area contributed by atoms with Gasteiger partial charge in [-0.05, 0) is 54.1 Å². The molecular formula is C18H15Cl2NO5S. The van der Waals surface area contributed by atoms with Gasteiger partial charge in [0.1, 0.15) is 0 Å². The predicted molar refractivity (Wildman–Crippen MR) is 104 cm³/mol. The molecule has 2 rings (SSSR count). The first-order valence-electron chi connectivity index (χ1n) is 7.68. The van der Waals surface area contributed by atoms with Crippen LogP contribution in [0, 0.1) is 0 Å². The summed E-state index contributed by atoms with van der Waals surface area (Å²) < 4.78 is 26.3. The molecule has 0 aliphatic carbocycles. The minimum Gasteiger partial charge on any atom is -0.481 e. The quantitative estimate of drug-likeness (QED) is 0.494. The minimum absolute atomic E-state index is 0.0610. The smallest absolute Gasteiger partial charge is 0.304 e. The second-order valence-corrected chi connectivity index (χ2v) is 8.04. The Bertz CT molecular complexity index is 985. The number of halogens is 2. The molecule has 0 aliphatic heterocycles. The van der Waals surface area contributed by atoms with E-state index >= 15 is 0 Å². The summed E-state index contributed by atoms with van der Waals surface area (Å²) in [4.78, 5) is 22.6. The van der Waals surface area contributed by atoms with Crippen LogP contribution in [0.1, 0.15) is 22.3 Å². The highest BCUT2D eigenvalue weighted by atomic mass is 35.5. The number of carboxylic acids is 1. The van der Waals surface area contributed by atoms with Crippen LogP contribution in [0.5, 0.6) is 0 Å². The molecule has 0 unspecified atom stereocenters. The maximum atomic E-state index is 12.2. The van der Waals surface area contributed by atoms with Crippen LogP contribution >= 0.6 is 23.2 Å². The average Bonchev–Trinajstić information content (AvgIpc) is 2.60. The van der Waals surface area contributed by atoms with E-state index in [1.54, 1.807) is 24.3 Å². The number of hydrogen-bond acceptors (Lipinski definition) is 4. The van der Waals surface area contributed by atoms with E-state index in [9.17, 15) is 18.0 Å². The van der Waals surface area contributed by atoms with Gasteiger partial charge in [-0.1, -0.05) is 29.3 Å². The molecule has 0 bridgehead atoms. The van der Waals surface area contributed by atoms with Gasteiger partial charge in [0.15, 0.2) is 5.78 Å². The van der Waals surface area contributed by atoms with E-state index in [0.29, 0.717) is 21.2 Å². The van der Waals surface area contributed by atoms with Gasteiger partial charge in [0.2, 0.25) is 10.0 Å². The Morgan fingerprint density at radius 3 is 2.33 bits per heavy atom. The van der Waals surface area contributed by atoms with E-state index in [0.717, 1.165) is 0 Å². The van der Waals surface area contributed by atoms with Gasteiger partial charge in [0.05, 0.1) is 11.3 Å².